The Balaban J connectivity index is 1.85. The molecule has 7 nitrogen and oxygen atoms in total. The highest BCUT2D eigenvalue weighted by Gasteiger charge is 2.34. The number of nitrogens with zero attached hydrogens (tertiary/aromatic N) is 3. The van der Waals surface area contributed by atoms with Crippen LogP contribution < -0.4 is 5.56 Å². The lowest BCUT2D eigenvalue weighted by molar-refractivity contribution is -0.133. The Bertz CT molecular complexity index is 1000. The van der Waals surface area contributed by atoms with Crippen molar-refractivity contribution in [3.8, 4) is 0 Å². The van der Waals surface area contributed by atoms with Crippen molar-refractivity contribution < 1.29 is 17.6 Å². The van der Waals surface area contributed by atoms with Gasteiger partial charge in [0.1, 0.15) is 12.4 Å². The predicted octanol–water partition coefficient (Wildman–Crippen LogP) is 0.961. The maximum atomic E-state index is 13.2. The highest BCUT2D eigenvalue weighted by molar-refractivity contribution is 7.91. The summed E-state index contributed by atoms with van der Waals surface area (Å²) in [4.78, 5) is 30.8. The van der Waals surface area contributed by atoms with Gasteiger partial charge in [0.2, 0.25) is 5.91 Å². The average Bonchev–Trinajstić information content (AvgIpc) is 2.94. The maximum Gasteiger partial charge on any atom is 0.261 e. The fraction of sp³-hybridized carbons (Fsp3) is 0.471. The Labute approximate surface area is 150 Å². The molecule has 0 aliphatic carbocycles. The normalized spacial score (nSPS) is 18.9. The minimum atomic E-state index is -3.12. The van der Waals surface area contributed by atoms with Crippen molar-refractivity contribution in [1.29, 1.82) is 0 Å². The number of carbonyl (C=O) groups excluding carboxylic acids is 1. The highest BCUT2D eigenvalue weighted by Crippen LogP contribution is 2.18. The summed E-state index contributed by atoms with van der Waals surface area (Å²) in [7, 11) is -3.12. The molecule has 1 aliphatic heterocycles. The zero-order chi connectivity index (χ0) is 18.9. The van der Waals surface area contributed by atoms with Crippen LogP contribution in [0.3, 0.4) is 0 Å². The van der Waals surface area contributed by atoms with Gasteiger partial charge in [-0.15, -0.1) is 0 Å². The molecular formula is C17H20FN3O4S. The Morgan fingerprint density at radius 3 is 2.85 bits per heavy atom. The van der Waals surface area contributed by atoms with Gasteiger partial charge in [0.15, 0.2) is 9.84 Å². The first-order chi connectivity index (χ1) is 12.3. The summed E-state index contributed by atoms with van der Waals surface area (Å²) < 4.78 is 37.9. The molecule has 1 unspecified atom stereocenters. The first kappa shape index (κ1) is 18.5. The number of amides is 1. The number of carbonyl (C=O) groups is 1. The van der Waals surface area contributed by atoms with Gasteiger partial charge in [-0.1, -0.05) is 6.92 Å². The van der Waals surface area contributed by atoms with Crippen LogP contribution in [0.5, 0.6) is 0 Å². The molecule has 9 heteroatoms. The van der Waals surface area contributed by atoms with E-state index in [1.165, 1.54) is 23.0 Å². The second kappa shape index (κ2) is 7.14. The summed E-state index contributed by atoms with van der Waals surface area (Å²) in [5.41, 5.74) is -0.204. The van der Waals surface area contributed by atoms with Crippen molar-refractivity contribution in [2.45, 2.75) is 32.4 Å². The van der Waals surface area contributed by atoms with Gasteiger partial charge >= 0.3 is 0 Å². The summed E-state index contributed by atoms with van der Waals surface area (Å²) in [6.45, 7) is 2.11. The molecule has 2 aromatic rings. The van der Waals surface area contributed by atoms with Crippen LogP contribution in [0, 0.1) is 5.82 Å². The van der Waals surface area contributed by atoms with Crippen molar-refractivity contribution in [3.05, 3.63) is 40.7 Å². The molecule has 1 saturated heterocycles. The molecule has 3 rings (SSSR count). The third-order valence-corrected chi connectivity index (χ3v) is 6.28. The van der Waals surface area contributed by atoms with Crippen LogP contribution >= 0.6 is 0 Å². The van der Waals surface area contributed by atoms with Crippen molar-refractivity contribution in [1.82, 2.24) is 14.5 Å². The molecule has 0 spiro atoms. The van der Waals surface area contributed by atoms with Crippen LogP contribution in [0.2, 0.25) is 0 Å². The van der Waals surface area contributed by atoms with Crippen LogP contribution in [0.15, 0.2) is 29.3 Å². The minimum absolute atomic E-state index is 0.0388. The largest absolute Gasteiger partial charge is 0.337 e. The Kier molecular flexibility index (Phi) is 5.08. The van der Waals surface area contributed by atoms with Crippen LogP contribution in [0.1, 0.15) is 19.8 Å². The smallest absolute Gasteiger partial charge is 0.261 e. The molecular weight excluding hydrogens is 361 g/mol. The molecule has 1 amide bonds. The number of aromatic nitrogens is 2. The van der Waals surface area contributed by atoms with Gasteiger partial charge in [-0.05, 0) is 25.0 Å². The minimum Gasteiger partial charge on any atom is -0.337 e. The molecule has 26 heavy (non-hydrogen) atoms. The number of halogens is 1. The molecule has 1 aliphatic rings. The van der Waals surface area contributed by atoms with Crippen molar-refractivity contribution in [3.63, 3.8) is 0 Å². The lowest BCUT2D eigenvalue weighted by atomic mass is 10.2. The number of hydrogen-bond donors (Lipinski definition) is 0. The van der Waals surface area contributed by atoms with Gasteiger partial charge in [-0.3, -0.25) is 14.2 Å². The fourth-order valence-electron chi connectivity index (χ4n) is 3.25. The number of rotatable bonds is 5. The SMILES string of the molecule is CCCN(C(=O)Cn1cnc2cc(F)ccc2c1=O)C1CCS(=O)(=O)C1. The number of fused-ring (bicyclic) bond motifs is 1. The van der Waals surface area contributed by atoms with E-state index in [4.69, 9.17) is 0 Å². The van der Waals surface area contributed by atoms with Gasteiger partial charge in [0, 0.05) is 18.7 Å². The molecule has 0 radical (unpaired) electrons. The zero-order valence-corrected chi connectivity index (χ0v) is 15.2. The topological polar surface area (TPSA) is 89.3 Å². The Morgan fingerprint density at radius 2 is 2.19 bits per heavy atom. The number of sulfone groups is 1. The van der Waals surface area contributed by atoms with Crippen LogP contribution in [-0.4, -0.2) is 52.9 Å². The molecule has 1 fully saturated rings. The van der Waals surface area contributed by atoms with E-state index >= 15 is 0 Å². The van der Waals surface area contributed by atoms with Crippen LogP contribution in [0.4, 0.5) is 4.39 Å². The van der Waals surface area contributed by atoms with E-state index in [2.05, 4.69) is 4.98 Å². The van der Waals surface area contributed by atoms with Gasteiger partial charge in [0.05, 0.1) is 28.7 Å². The molecule has 2 heterocycles. The van der Waals surface area contributed by atoms with Crippen LogP contribution in [-0.2, 0) is 21.2 Å². The van der Waals surface area contributed by atoms with Gasteiger partial charge in [0.25, 0.3) is 5.56 Å². The quantitative estimate of drug-likeness (QED) is 0.770. The van der Waals surface area contributed by atoms with Crippen LogP contribution in [0.25, 0.3) is 10.9 Å². The molecule has 0 N–H and O–H groups in total. The van der Waals surface area contributed by atoms with Gasteiger partial charge in [-0.25, -0.2) is 17.8 Å². The van der Waals surface area contributed by atoms with E-state index in [0.717, 1.165) is 6.07 Å². The molecule has 1 aromatic carbocycles. The van der Waals surface area contributed by atoms with E-state index in [1.54, 1.807) is 4.90 Å². The lowest BCUT2D eigenvalue weighted by Crippen LogP contribution is -2.44. The second-order valence-corrected chi connectivity index (χ2v) is 8.71. The van der Waals surface area contributed by atoms with Gasteiger partial charge in [-0.2, -0.15) is 0 Å². The second-order valence-electron chi connectivity index (χ2n) is 6.48. The summed E-state index contributed by atoms with van der Waals surface area (Å²) >= 11 is 0. The first-order valence-corrected chi connectivity index (χ1v) is 10.3. The third-order valence-electron chi connectivity index (χ3n) is 4.53. The Hall–Kier alpha value is -2.29. The Morgan fingerprint density at radius 1 is 1.42 bits per heavy atom. The number of hydrogen-bond acceptors (Lipinski definition) is 5. The highest BCUT2D eigenvalue weighted by atomic mass is 32.2. The van der Waals surface area contributed by atoms with Crippen molar-refractivity contribution in [2.75, 3.05) is 18.1 Å². The van der Waals surface area contributed by atoms with Gasteiger partial charge < -0.3 is 4.90 Å². The molecule has 0 bridgehead atoms. The monoisotopic (exact) mass is 381 g/mol. The van der Waals surface area contributed by atoms with E-state index in [9.17, 15) is 22.4 Å². The third kappa shape index (κ3) is 3.77. The fourth-order valence-corrected chi connectivity index (χ4v) is 4.98. The zero-order valence-electron chi connectivity index (χ0n) is 14.4. The van der Waals surface area contributed by atoms with E-state index < -0.39 is 21.2 Å². The molecule has 1 atom stereocenters. The van der Waals surface area contributed by atoms with E-state index in [0.29, 0.717) is 19.4 Å². The summed E-state index contributed by atoms with van der Waals surface area (Å²) in [5, 5.41) is 0.229. The van der Waals surface area contributed by atoms with E-state index in [-0.39, 0.29) is 40.9 Å². The molecule has 0 saturated carbocycles. The van der Waals surface area contributed by atoms with E-state index in [1.807, 2.05) is 6.92 Å². The summed E-state index contributed by atoms with van der Waals surface area (Å²) in [5.74, 6) is -0.772. The first-order valence-electron chi connectivity index (χ1n) is 8.45. The van der Waals surface area contributed by atoms with Crippen molar-refractivity contribution in [2.24, 2.45) is 0 Å². The average molecular weight is 381 g/mol. The maximum absolute atomic E-state index is 13.2. The molecule has 140 valence electrons. The lowest BCUT2D eigenvalue weighted by Gasteiger charge is -2.28. The number of benzene rings is 1. The molecule has 1 aromatic heterocycles. The summed E-state index contributed by atoms with van der Waals surface area (Å²) in [6, 6.07) is 3.32. The predicted molar refractivity (Wildman–Crippen MR) is 95.0 cm³/mol. The van der Waals surface area contributed by atoms with Crippen molar-refractivity contribution >= 4 is 26.6 Å². The summed E-state index contributed by atoms with van der Waals surface area (Å²) in [6.07, 6.45) is 2.32. The standard InChI is InChI=1S/C17H20FN3O4S/c1-2-6-21(13-5-7-26(24,25)10-13)16(22)9-20-11-19-15-8-12(18)3-4-14(15)17(20)23/h3-4,8,11,13H,2,5-7,9-10H2,1H3.